The highest BCUT2D eigenvalue weighted by atomic mass is 79.9. The van der Waals surface area contributed by atoms with E-state index < -0.39 is 12.2 Å². The van der Waals surface area contributed by atoms with E-state index in [0.29, 0.717) is 21.9 Å². The average Bonchev–Trinajstić information content (AvgIpc) is 2.21. The summed E-state index contributed by atoms with van der Waals surface area (Å²) in [4.78, 5) is 0. The van der Waals surface area contributed by atoms with E-state index in [1.807, 2.05) is 6.92 Å². The van der Waals surface area contributed by atoms with Gasteiger partial charge in [-0.15, -0.1) is 0 Å². The van der Waals surface area contributed by atoms with Crippen LogP contribution in [0.3, 0.4) is 0 Å². The third-order valence-corrected chi connectivity index (χ3v) is 3.41. The lowest BCUT2D eigenvalue weighted by molar-refractivity contribution is -0.157. The van der Waals surface area contributed by atoms with Crippen LogP contribution in [0.5, 0.6) is 0 Å². The van der Waals surface area contributed by atoms with E-state index in [1.165, 1.54) is 6.07 Å². The second kappa shape index (κ2) is 6.20. The van der Waals surface area contributed by atoms with Crippen molar-refractivity contribution in [1.29, 1.82) is 0 Å². The molecule has 1 nitrogen and oxygen atoms in total. The predicted molar refractivity (Wildman–Crippen MR) is 68.9 cm³/mol. The van der Waals surface area contributed by atoms with Gasteiger partial charge in [-0.2, -0.15) is 13.2 Å². The summed E-state index contributed by atoms with van der Waals surface area (Å²) in [7, 11) is 0. The Balaban J connectivity index is 3.08. The minimum atomic E-state index is -4.31. The zero-order valence-electron chi connectivity index (χ0n) is 9.11. The van der Waals surface area contributed by atoms with Crippen LogP contribution in [0.1, 0.15) is 24.9 Å². The highest BCUT2D eigenvalue weighted by Crippen LogP contribution is 2.37. The SMILES string of the molecule is CCCNC(c1cc(Br)ccc1Br)C(F)(F)F. The Kier molecular flexibility index (Phi) is 5.47. The standard InChI is InChI=1S/C11H12Br2F3N/c1-2-5-17-10(11(14,15)16)8-6-7(12)3-4-9(8)13/h3-4,6,10,17H,2,5H2,1H3. The van der Waals surface area contributed by atoms with Crippen molar-refractivity contribution < 1.29 is 13.2 Å². The van der Waals surface area contributed by atoms with Gasteiger partial charge in [-0.3, -0.25) is 0 Å². The summed E-state index contributed by atoms with van der Waals surface area (Å²) in [5.41, 5.74) is 0.195. The van der Waals surface area contributed by atoms with Crippen molar-refractivity contribution in [3.63, 3.8) is 0 Å². The van der Waals surface area contributed by atoms with E-state index in [9.17, 15) is 13.2 Å². The molecule has 96 valence electrons. The third-order valence-electron chi connectivity index (χ3n) is 2.19. The molecule has 6 heteroatoms. The number of alkyl halides is 3. The Morgan fingerprint density at radius 2 is 1.94 bits per heavy atom. The maximum Gasteiger partial charge on any atom is 0.407 e. The summed E-state index contributed by atoms with van der Waals surface area (Å²) >= 11 is 6.34. The minimum absolute atomic E-state index is 0.195. The molecular formula is C11H12Br2F3N. The van der Waals surface area contributed by atoms with Gasteiger partial charge in [0.05, 0.1) is 0 Å². The van der Waals surface area contributed by atoms with Gasteiger partial charge in [-0.25, -0.2) is 0 Å². The molecule has 17 heavy (non-hydrogen) atoms. The molecule has 1 atom stereocenters. The Labute approximate surface area is 115 Å². The number of nitrogens with one attached hydrogen (secondary N) is 1. The van der Waals surface area contributed by atoms with Crippen LogP contribution in [-0.2, 0) is 0 Å². The Bertz CT molecular complexity index is 379. The van der Waals surface area contributed by atoms with Gasteiger partial charge in [0.15, 0.2) is 0 Å². The van der Waals surface area contributed by atoms with Gasteiger partial charge in [-0.1, -0.05) is 38.8 Å². The molecule has 0 fully saturated rings. The quantitative estimate of drug-likeness (QED) is 0.797. The largest absolute Gasteiger partial charge is 0.407 e. The molecule has 0 saturated carbocycles. The second-order valence-corrected chi connectivity index (χ2v) is 5.36. The normalized spacial score (nSPS) is 13.8. The number of hydrogen-bond donors (Lipinski definition) is 1. The fourth-order valence-electron chi connectivity index (χ4n) is 1.43. The van der Waals surface area contributed by atoms with Crippen LogP contribution in [0, 0.1) is 0 Å². The first-order valence-corrected chi connectivity index (χ1v) is 6.70. The van der Waals surface area contributed by atoms with Crippen molar-refractivity contribution in [3.8, 4) is 0 Å². The summed E-state index contributed by atoms with van der Waals surface area (Å²) in [6, 6.07) is 3.13. The molecule has 0 bridgehead atoms. The Morgan fingerprint density at radius 1 is 1.29 bits per heavy atom. The van der Waals surface area contributed by atoms with Gasteiger partial charge in [-0.05, 0) is 36.7 Å². The van der Waals surface area contributed by atoms with Crippen LogP contribution in [-0.4, -0.2) is 12.7 Å². The molecule has 0 aliphatic carbocycles. The fourth-order valence-corrected chi connectivity index (χ4v) is 2.28. The van der Waals surface area contributed by atoms with Crippen molar-refractivity contribution in [2.45, 2.75) is 25.6 Å². The molecular weight excluding hydrogens is 363 g/mol. The first-order valence-electron chi connectivity index (χ1n) is 5.11. The molecule has 1 aromatic rings. The smallest absolute Gasteiger partial charge is 0.302 e. The van der Waals surface area contributed by atoms with Crippen LogP contribution in [0.15, 0.2) is 27.1 Å². The van der Waals surface area contributed by atoms with Crippen LogP contribution >= 0.6 is 31.9 Å². The molecule has 0 spiro atoms. The zero-order valence-corrected chi connectivity index (χ0v) is 12.3. The minimum Gasteiger partial charge on any atom is -0.302 e. The van der Waals surface area contributed by atoms with E-state index in [2.05, 4.69) is 37.2 Å². The first kappa shape index (κ1) is 15.0. The first-order chi connectivity index (χ1) is 7.86. The highest BCUT2D eigenvalue weighted by molar-refractivity contribution is 9.11. The van der Waals surface area contributed by atoms with Gasteiger partial charge >= 0.3 is 6.18 Å². The number of benzene rings is 1. The van der Waals surface area contributed by atoms with Gasteiger partial charge in [0.2, 0.25) is 0 Å². The lowest BCUT2D eigenvalue weighted by Gasteiger charge is -2.23. The van der Waals surface area contributed by atoms with Crippen LogP contribution in [0.25, 0.3) is 0 Å². The van der Waals surface area contributed by atoms with E-state index in [0.717, 1.165) is 0 Å². The molecule has 0 radical (unpaired) electrons. The van der Waals surface area contributed by atoms with Crippen LogP contribution in [0.4, 0.5) is 13.2 Å². The van der Waals surface area contributed by atoms with E-state index in [1.54, 1.807) is 12.1 Å². The summed E-state index contributed by atoms with van der Waals surface area (Å²) in [6.45, 7) is 2.15. The van der Waals surface area contributed by atoms with Crippen molar-refractivity contribution >= 4 is 31.9 Å². The zero-order chi connectivity index (χ0) is 13.1. The van der Waals surface area contributed by atoms with Gasteiger partial charge < -0.3 is 5.32 Å². The van der Waals surface area contributed by atoms with Crippen molar-refractivity contribution in [2.24, 2.45) is 0 Å². The third kappa shape index (κ3) is 4.26. The highest BCUT2D eigenvalue weighted by Gasteiger charge is 2.41. The van der Waals surface area contributed by atoms with Crippen LogP contribution < -0.4 is 5.32 Å². The molecule has 0 amide bonds. The predicted octanol–water partition coefficient (Wildman–Crippen LogP) is 4.81. The van der Waals surface area contributed by atoms with Gasteiger partial charge in [0.25, 0.3) is 0 Å². The molecule has 1 unspecified atom stereocenters. The number of rotatable bonds is 4. The molecule has 0 aliphatic rings. The summed E-state index contributed by atoms with van der Waals surface area (Å²) in [5.74, 6) is 0. The maximum atomic E-state index is 12.9. The molecule has 0 heterocycles. The fraction of sp³-hybridized carbons (Fsp3) is 0.455. The Morgan fingerprint density at radius 3 is 2.47 bits per heavy atom. The Hall–Kier alpha value is -0.0700. The van der Waals surface area contributed by atoms with Crippen molar-refractivity contribution in [2.75, 3.05) is 6.54 Å². The molecule has 0 saturated heterocycles. The topological polar surface area (TPSA) is 12.0 Å². The van der Waals surface area contributed by atoms with E-state index in [4.69, 9.17) is 0 Å². The van der Waals surface area contributed by atoms with Gasteiger partial charge in [0, 0.05) is 8.95 Å². The van der Waals surface area contributed by atoms with E-state index in [-0.39, 0.29) is 5.56 Å². The molecule has 0 aliphatic heterocycles. The summed E-state index contributed by atoms with van der Waals surface area (Å²) in [6.07, 6.45) is -3.66. The number of hydrogen-bond acceptors (Lipinski definition) is 1. The molecule has 1 rings (SSSR count). The average molecular weight is 375 g/mol. The lowest BCUT2D eigenvalue weighted by atomic mass is 10.1. The van der Waals surface area contributed by atoms with Crippen molar-refractivity contribution in [1.82, 2.24) is 5.32 Å². The number of halogens is 5. The lowest BCUT2D eigenvalue weighted by Crippen LogP contribution is -2.34. The molecule has 1 N–H and O–H groups in total. The molecule has 0 aromatic heterocycles. The van der Waals surface area contributed by atoms with Gasteiger partial charge in [0.1, 0.15) is 6.04 Å². The van der Waals surface area contributed by atoms with E-state index >= 15 is 0 Å². The summed E-state index contributed by atoms with van der Waals surface area (Å²) < 4.78 is 39.9. The maximum absolute atomic E-state index is 12.9. The monoisotopic (exact) mass is 373 g/mol. The van der Waals surface area contributed by atoms with Crippen LogP contribution in [0.2, 0.25) is 0 Å². The summed E-state index contributed by atoms with van der Waals surface area (Å²) in [5, 5.41) is 2.52. The molecule has 1 aromatic carbocycles. The second-order valence-electron chi connectivity index (χ2n) is 3.59. The van der Waals surface area contributed by atoms with Crippen molar-refractivity contribution in [3.05, 3.63) is 32.7 Å².